The number of carboxylic acid groups (broad SMARTS) is 1. The first kappa shape index (κ1) is 15.3. The maximum atomic E-state index is 11.4. The fourth-order valence-corrected chi connectivity index (χ4v) is 1.66. The lowest BCUT2D eigenvalue weighted by molar-refractivity contribution is -0.138. The fourth-order valence-electron chi connectivity index (χ4n) is 0.991. The van der Waals surface area contributed by atoms with E-state index in [2.05, 4.69) is 26.1 Å². The molecule has 0 radical (unpaired) electrons. The number of thioether (sulfide) groups is 1. The summed E-state index contributed by atoms with van der Waals surface area (Å²) in [6.45, 7) is 8.40. The average molecular weight is 247 g/mol. The second kappa shape index (κ2) is 6.78. The van der Waals surface area contributed by atoms with E-state index in [1.807, 2.05) is 6.92 Å². The lowest BCUT2D eigenvalue weighted by atomic mass is 10.1. The van der Waals surface area contributed by atoms with Crippen molar-refractivity contribution in [2.24, 2.45) is 5.92 Å². The number of carboxylic acids is 1. The summed E-state index contributed by atoms with van der Waals surface area (Å²) in [5.41, 5.74) is 0. The second-order valence-electron chi connectivity index (χ2n) is 4.91. The van der Waals surface area contributed by atoms with Crippen molar-refractivity contribution in [2.45, 2.75) is 38.9 Å². The molecule has 16 heavy (non-hydrogen) atoms. The maximum Gasteiger partial charge on any atom is 0.303 e. The van der Waals surface area contributed by atoms with Gasteiger partial charge in [-0.05, 0) is 5.92 Å². The highest BCUT2D eigenvalue weighted by atomic mass is 32.2. The molecule has 1 amide bonds. The molecule has 1 atom stereocenters. The molecule has 0 aliphatic carbocycles. The number of nitrogens with one attached hydrogen (secondary N) is 1. The molecule has 0 spiro atoms. The van der Waals surface area contributed by atoms with Crippen LogP contribution in [0, 0.1) is 5.92 Å². The molecule has 0 fully saturated rings. The van der Waals surface area contributed by atoms with Crippen LogP contribution < -0.4 is 5.32 Å². The minimum atomic E-state index is -0.828. The summed E-state index contributed by atoms with van der Waals surface area (Å²) in [5, 5.41) is 11.3. The van der Waals surface area contributed by atoms with Crippen molar-refractivity contribution in [3.8, 4) is 0 Å². The number of carbonyl (C=O) groups excluding carboxylic acids is 1. The van der Waals surface area contributed by atoms with Crippen molar-refractivity contribution in [1.82, 2.24) is 5.32 Å². The summed E-state index contributed by atoms with van der Waals surface area (Å²) in [4.78, 5) is 21.8. The molecule has 0 aromatic heterocycles. The zero-order valence-corrected chi connectivity index (χ0v) is 11.2. The number of hydrogen-bond acceptors (Lipinski definition) is 3. The van der Waals surface area contributed by atoms with E-state index < -0.39 is 5.97 Å². The van der Waals surface area contributed by atoms with Gasteiger partial charge >= 0.3 is 5.97 Å². The van der Waals surface area contributed by atoms with Gasteiger partial charge in [0, 0.05) is 17.7 Å². The van der Waals surface area contributed by atoms with Crippen molar-refractivity contribution in [1.29, 1.82) is 0 Å². The van der Waals surface area contributed by atoms with Gasteiger partial charge in [0.15, 0.2) is 0 Å². The predicted molar refractivity (Wildman–Crippen MR) is 66.6 cm³/mol. The standard InChI is InChI=1S/C11H21NO3S/c1-8(5-10(14)15)6-12-9(13)7-16-11(2,3)4/h8H,5-7H2,1-4H3,(H,12,13)(H,14,15). The normalized spacial score (nSPS) is 13.2. The third-order valence-electron chi connectivity index (χ3n) is 1.81. The van der Waals surface area contributed by atoms with Crippen LogP contribution in [0.2, 0.25) is 0 Å². The minimum Gasteiger partial charge on any atom is -0.481 e. The molecule has 5 heteroatoms. The van der Waals surface area contributed by atoms with Gasteiger partial charge in [0.1, 0.15) is 0 Å². The number of rotatable bonds is 6. The molecule has 94 valence electrons. The molecule has 0 heterocycles. The van der Waals surface area contributed by atoms with Crippen LogP contribution in [0.4, 0.5) is 0 Å². The van der Waals surface area contributed by atoms with Crippen LogP contribution in [0.3, 0.4) is 0 Å². The molecule has 0 saturated heterocycles. The van der Waals surface area contributed by atoms with Gasteiger partial charge in [-0.3, -0.25) is 9.59 Å². The number of aliphatic carboxylic acids is 1. The Balaban J connectivity index is 3.69. The van der Waals surface area contributed by atoms with Crippen LogP contribution in [-0.2, 0) is 9.59 Å². The van der Waals surface area contributed by atoms with Gasteiger partial charge in [0.25, 0.3) is 0 Å². The summed E-state index contributed by atoms with van der Waals surface area (Å²) in [5.74, 6) is -0.465. The van der Waals surface area contributed by atoms with Gasteiger partial charge in [-0.1, -0.05) is 27.7 Å². The molecule has 0 rings (SSSR count). The highest BCUT2D eigenvalue weighted by Crippen LogP contribution is 2.22. The molecule has 0 aromatic rings. The highest BCUT2D eigenvalue weighted by molar-refractivity contribution is 8.01. The zero-order chi connectivity index (χ0) is 12.8. The first-order valence-corrected chi connectivity index (χ1v) is 6.31. The van der Waals surface area contributed by atoms with Gasteiger partial charge in [0.2, 0.25) is 5.91 Å². The van der Waals surface area contributed by atoms with Gasteiger partial charge in [0.05, 0.1) is 5.75 Å². The number of amides is 1. The summed E-state index contributed by atoms with van der Waals surface area (Å²) in [6.07, 6.45) is 0.0900. The SMILES string of the molecule is CC(CNC(=O)CSC(C)(C)C)CC(=O)O. The van der Waals surface area contributed by atoms with E-state index in [1.165, 1.54) is 0 Å². The average Bonchev–Trinajstić information content (AvgIpc) is 2.09. The van der Waals surface area contributed by atoms with Crippen LogP contribution in [-0.4, -0.2) is 34.0 Å². The Morgan fingerprint density at radius 1 is 1.38 bits per heavy atom. The van der Waals surface area contributed by atoms with Crippen molar-refractivity contribution in [3.63, 3.8) is 0 Å². The van der Waals surface area contributed by atoms with E-state index in [-0.39, 0.29) is 23.0 Å². The van der Waals surface area contributed by atoms with Crippen LogP contribution >= 0.6 is 11.8 Å². The molecule has 0 aliphatic rings. The number of carbonyl (C=O) groups is 2. The van der Waals surface area contributed by atoms with Crippen LogP contribution in [0.1, 0.15) is 34.1 Å². The van der Waals surface area contributed by atoms with Crippen LogP contribution in [0.5, 0.6) is 0 Å². The van der Waals surface area contributed by atoms with Gasteiger partial charge < -0.3 is 10.4 Å². The molecule has 0 aromatic carbocycles. The Kier molecular flexibility index (Phi) is 6.48. The summed E-state index contributed by atoms with van der Waals surface area (Å²) < 4.78 is 0.0734. The van der Waals surface area contributed by atoms with E-state index in [0.29, 0.717) is 12.3 Å². The monoisotopic (exact) mass is 247 g/mol. The van der Waals surface area contributed by atoms with E-state index in [1.54, 1.807) is 11.8 Å². The van der Waals surface area contributed by atoms with E-state index in [9.17, 15) is 9.59 Å². The third kappa shape index (κ3) is 9.83. The van der Waals surface area contributed by atoms with E-state index in [0.717, 1.165) is 0 Å². The van der Waals surface area contributed by atoms with Crippen molar-refractivity contribution in [3.05, 3.63) is 0 Å². The summed E-state index contributed by atoms with van der Waals surface area (Å²) in [7, 11) is 0. The molecular formula is C11H21NO3S. The first-order chi connectivity index (χ1) is 7.20. The van der Waals surface area contributed by atoms with Crippen molar-refractivity contribution < 1.29 is 14.7 Å². The molecule has 2 N–H and O–H groups in total. The first-order valence-electron chi connectivity index (χ1n) is 5.33. The summed E-state index contributed by atoms with van der Waals surface area (Å²) in [6, 6.07) is 0. The quantitative estimate of drug-likeness (QED) is 0.750. The van der Waals surface area contributed by atoms with Crippen LogP contribution in [0.15, 0.2) is 0 Å². The van der Waals surface area contributed by atoms with E-state index in [4.69, 9.17) is 5.11 Å². The Morgan fingerprint density at radius 2 is 1.94 bits per heavy atom. The van der Waals surface area contributed by atoms with Crippen LogP contribution in [0.25, 0.3) is 0 Å². The Morgan fingerprint density at radius 3 is 2.38 bits per heavy atom. The zero-order valence-electron chi connectivity index (χ0n) is 10.4. The third-order valence-corrected chi connectivity index (χ3v) is 3.08. The Labute approximate surface area is 101 Å². The Hall–Kier alpha value is -0.710. The largest absolute Gasteiger partial charge is 0.481 e. The second-order valence-corrected chi connectivity index (χ2v) is 6.71. The molecule has 0 saturated carbocycles. The minimum absolute atomic E-state index is 0.0268. The predicted octanol–water partition coefficient (Wildman–Crippen LogP) is 1.75. The molecular weight excluding hydrogens is 226 g/mol. The fraction of sp³-hybridized carbons (Fsp3) is 0.818. The van der Waals surface area contributed by atoms with E-state index >= 15 is 0 Å². The van der Waals surface area contributed by atoms with Gasteiger partial charge in [-0.25, -0.2) is 0 Å². The molecule has 4 nitrogen and oxygen atoms in total. The molecule has 0 bridgehead atoms. The molecule has 0 aliphatic heterocycles. The lowest BCUT2D eigenvalue weighted by Crippen LogP contribution is -2.31. The van der Waals surface area contributed by atoms with Crippen molar-refractivity contribution in [2.75, 3.05) is 12.3 Å². The molecule has 1 unspecified atom stereocenters. The van der Waals surface area contributed by atoms with Gasteiger partial charge in [-0.2, -0.15) is 0 Å². The Bertz CT molecular complexity index is 248. The van der Waals surface area contributed by atoms with Gasteiger partial charge in [-0.15, -0.1) is 11.8 Å². The number of hydrogen-bond donors (Lipinski definition) is 2. The smallest absolute Gasteiger partial charge is 0.303 e. The summed E-state index contributed by atoms with van der Waals surface area (Å²) >= 11 is 1.58. The maximum absolute atomic E-state index is 11.4. The lowest BCUT2D eigenvalue weighted by Gasteiger charge is -2.17. The highest BCUT2D eigenvalue weighted by Gasteiger charge is 2.14. The van der Waals surface area contributed by atoms with Crippen molar-refractivity contribution >= 4 is 23.6 Å². The topological polar surface area (TPSA) is 66.4 Å².